The van der Waals surface area contributed by atoms with Gasteiger partial charge in [-0.15, -0.1) is 0 Å². The highest BCUT2D eigenvalue weighted by Gasteiger charge is 2.44. The Balaban J connectivity index is 1.87. The first-order valence-corrected chi connectivity index (χ1v) is 7.40. The van der Waals surface area contributed by atoms with Gasteiger partial charge in [0.25, 0.3) is 5.91 Å². The first-order valence-electron chi connectivity index (χ1n) is 7.02. The predicted molar refractivity (Wildman–Crippen MR) is 76.0 cm³/mol. The number of fused-ring (bicyclic) bond motifs is 2. The molecule has 1 amide bonds. The fourth-order valence-electron chi connectivity index (χ4n) is 3.25. The van der Waals surface area contributed by atoms with E-state index < -0.39 is 5.82 Å². The zero-order valence-electron chi connectivity index (χ0n) is 11.7. The topological polar surface area (TPSA) is 38.8 Å². The van der Waals surface area contributed by atoms with Gasteiger partial charge in [-0.1, -0.05) is 11.6 Å². The van der Waals surface area contributed by atoms with E-state index >= 15 is 0 Å². The average Bonchev–Trinajstić information content (AvgIpc) is 2.77. The number of hydrogen-bond acceptors (Lipinski definition) is 3. The van der Waals surface area contributed by atoms with Crippen LogP contribution in [-0.4, -0.2) is 49.3 Å². The van der Waals surface area contributed by atoms with Gasteiger partial charge >= 0.3 is 0 Å². The molecule has 1 aliphatic heterocycles. The highest BCUT2D eigenvalue weighted by molar-refractivity contribution is 6.31. The molecule has 1 saturated carbocycles. The second-order valence-corrected chi connectivity index (χ2v) is 5.79. The third-order valence-corrected chi connectivity index (χ3v) is 4.55. The molecule has 21 heavy (non-hydrogen) atoms. The molecular weight excluding hydrogens is 297 g/mol. The van der Waals surface area contributed by atoms with Crippen LogP contribution in [0.15, 0.2) is 18.2 Å². The first-order chi connectivity index (χ1) is 10.1. The number of hydrogen-bond donors (Lipinski definition) is 0. The van der Waals surface area contributed by atoms with E-state index in [4.69, 9.17) is 21.1 Å². The Morgan fingerprint density at radius 3 is 3.00 bits per heavy atom. The van der Waals surface area contributed by atoms with Gasteiger partial charge in [-0.05, 0) is 31.0 Å². The Morgan fingerprint density at radius 1 is 1.48 bits per heavy atom. The van der Waals surface area contributed by atoms with Crippen molar-refractivity contribution < 1.29 is 18.7 Å². The lowest BCUT2D eigenvalue weighted by atomic mass is 10.1. The molecule has 2 aliphatic rings. The number of halogens is 2. The number of rotatable bonds is 2. The van der Waals surface area contributed by atoms with E-state index in [0.717, 1.165) is 12.8 Å². The lowest BCUT2D eigenvalue weighted by molar-refractivity contribution is -0.0316. The summed E-state index contributed by atoms with van der Waals surface area (Å²) in [7, 11) is 1.64. The van der Waals surface area contributed by atoms with Crippen LogP contribution in [0.1, 0.15) is 23.2 Å². The maximum atomic E-state index is 13.2. The summed E-state index contributed by atoms with van der Waals surface area (Å²) in [6, 6.07) is 4.05. The summed E-state index contributed by atoms with van der Waals surface area (Å²) in [6.07, 6.45) is 1.68. The second-order valence-electron chi connectivity index (χ2n) is 5.38. The molecule has 1 heterocycles. The largest absolute Gasteiger partial charge is 0.377 e. The van der Waals surface area contributed by atoms with Crippen molar-refractivity contribution in [2.24, 2.45) is 0 Å². The summed E-state index contributed by atoms with van der Waals surface area (Å²) in [5, 5.41) is -0.0421. The summed E-state index contributed by atoms with van der Waals surface area (Å²) in [5.74, 6) is -0.682. The maximum Gasteiger partial charge on any atom is 0.254 e. The Morgan fingerprint density at radius 2 is 2.29 bits per heavy atom. The van der Waals surface area contributed by atoms with Crippen LogP contribution in [0.4, 0.5) is 4.39 Å². The minimum atomic E-state index is -0.525. The van der Waals surface area contributed by atoms with Crippen LogP contribution in [0.25, 0.3) is 0 Å². The highest BCUT2D eigenvalue weighted by atomic mass is 35.5. The number of carbonyl (C=O) groups is 1. The third-order valence-electron chi connectivity index (χ3n) is 4.26. The molecule has 1 saturated heterocycles. The number of benzene rings is 1. The van der Waals surface area contributed by atoms with E-state index in [1.54, 1.807) is 12.0 Å². The minimum absolute atomic E-state index is 0.00108. The lowest BCUT2D eigenvalue weighted by Crippen LogP contribution is -2.46. The molecule has 4 nitrogen and oxygen atoms in total. The molecule has 2 fully saturated rings. The summed E-state index contributed by atoms with van der Waals surface area (Å²) in [4.78, 5) is 14.5. The van der Waals surface area contributed by atoms with Gasteiger partial charge in [0.2, 0.25) is 0 Å². The Hall–Kier alpha value is -1.17. The molecule has 0 radical (unpaired) electrons. The van der Waals surface area contributed by atoms with E-state index in [1.807, 2.05) is 0 Å². The normalized spacial score (nSPS) is 28.5. The second kappa shape index (κ2) is 5.91. The van der Waals surface area contributed by atoms with E-state index in [1.165, 1.54) is 18.2 Å². The Labute approximate surface area is 127 Å². The third kappa shape index (κ3) is 2.65. The van der Waals surface area contributed by atoms with Crippen molar-refractivity contribution in [3.8, 4) is 0 Å². The van der Waals surface area contributed by atoms with Gasteiger partial charge in [-0.3, -0.25) is 4.79 Å². The first kappa shape index (κ1) is 14.8. The van der Waals surface area contributed by atoms with Crippen molar-refractivity contribution >= 4 is 17.5 Å². The molecule has 1 aromatic carbocycles. The van der Waals surface area contributed by atoms with Crippen LogP contribution in [-0.2, 0) is 9.47 Å². The van der Waals surface area contributed by atoms with Crippen LogP contribution in [0.5, 0.6) is 0 Å². The molecule has 0 unspecified atom stereocenters. The molecule has 2 bridgehead atoms. The fourth-order valence-corrected chi connectivity index (χ4v) is 3.43. The Bertz CT molecular complexity index is 554. The van der Waals surface area contributed by atoms with Crippen LogP contribution < -0.4 is 0 Å². The molecule has 0 aromatic heterocycles. The summed E-state index contributed by atoms with van der Waals surface area (Å²) >= 11 is 5.77. The smallest absolute Gasteiger partial charge is 0.254 e. The highest BCUT2D eigenvalue weighted by Crippen LogP contribution is 2.32. The van der Waals surface area contributed by atoms with Crippen LogP contribution in [0.2, 0.25) is 5.02 Å². The average molecular weight is 314 g/mol. The van der Waals surface area contributed by atoms with E-state index in [-0.39, 0.29) is 29.2 Å². The molecule has 0 N–H and O–H groups in total. The standard InChI is InChI=1S/C15H17ClFNO3/c1-20-14-12-4-5-13(14)21-7-6-18(12)15(19)9-2-3-11(17)10(16)8-9/h2-3,8,12-14H,4-7H2,1H3/t12-,13-,14-/m1/s1. The van der Waals surface area contributed by atoms with Crippen molar-refractivity contribution in [3.63, 3.8) is 0 Å². The molecule has 0 spiro atoms. The van der Waals surface area contributed by atoms with Crippen molar-refractivity contribution in [3.05, 3.63) is 34.6 Å². The Kier molecular flexibility index (Phi) is 4.15. The van der Waals surface area contributed by atoms with E-state index in [9.17, 15) is 9.18 Å². The quantitative estimate of drug-likeness (QED) is 0.842. The minimum Gasteiger partial charge on any atom is -0.377 e. The van der Waals surface area contributed by atoms with Gasteiger partial charge in [0, 0.05) is 19.2 Å². The monoisotopic (exact) mass is 313 g/mol. The molecule has 1 aromatic rings. The molecule has 3 atom stereocenters. The molecule has 3 rings (SSSR count). The van der Waals surface area contributed by atoms with Gasteiger partial charge in [0.15, 0.2) is 0 Å². The lowest BCUT2D eigenvalue weighted by Gasteiger charge is -2.30. The van der Waals surface area contributed by atoms with E-state index in [0.29, 0.717) is 18.7 Å². The fraction of sp³-hybridized carbons (Fsp3) is 0.533. The SMILES string of the molecule is CO[C@@H]1[C@H]2CC[C@H]1OCCN2C(=O)c1ccc(F)c(Cl)c1. The van der Waals surface area contributed by atoms with Crippen molar-refractivity contribution in [1.82, 2.24) is 4.90 Å². The maximum absolute atomic E-state index is 13.2. The molecule has 1 aliphatic carbocycles. The number of methoxy groups -OCH3 is 1. The number of carbonyl (C=O) groups excluding carboxylic acids is 1. The summed E-state index contributed by atoms with van der Waals surface area (Å²) in [6.45, 7) is 0.997. The summed E-state index contributed by atoms with van der Waals surface area (Å²) < 4.78 is 24.5. The van der Waals surface area contributed by atoms with Gasteiger partial charge in [0.05, 0.1) is 23.8 Å². The van der Waals surface area contributed by atoms with Crippen LogP contribution in [0.3, 0.4) is 0 Å². The van der Waals surface area contributed by atoms with Crippen molar-refractivity contribution in [1.29, 1.82) is 0 Å². The predicted octanol–water partition coefficient (Wildman–Crippen LogP) is 2.50. The van der Waals surface area contributed by atoms with Crippen molar-refractivity contribution in [2.75, 3.05) is 20.3 Å². The number of amides is 1. The van der Waals surface area contributed by atoms with Crippen LogP contribution >= 0.6 is 11.6 Å². The number of nitrogens with zero attached hydrogens (tertiary/aromatic N) is 1. The number of ether oxygens (including phenoxy) is 2. The van der Waals surface area contributed by atoms with E-state index in [2.05, 4.69) is 0 Å². The molecule has 114 valence electrons. The van der Waals surface area contributed by atoms with Crippen LogP contribution in [0, 0.1) is 5.82 Å². The zero-order valence-corrected chi connectivity index (χ0v) is 12.5. The van der Waals surface area contributed by atoms with Gasteiger partial charge < -0.3 is 14.4 Å². The van der Waals surface area contributed by atoms with Crippen molar-refractivity contribution in [2.45, 2.75) is 31.1 Å². The van der Waals surface area contributed by atoms with Gasteiger partial charge in [-0.25, -0.2) is 4.39 Å². The van der Waals surface area contributed by atoms with Gasteiger partial charge in [-0.2, -0.15) is 0 Å². The summed E-state index contributed by atoms with van der Waals surface area (Å²) in [5.41, 5.74) is 0.390. The molecule has 6 heteroatoms. The molecular formula is C15H17ClFNO3. The zero-order chi connectivity index (χ0) is 15.0. The van der Waals surface area contributed by atoms with Gasteiger partial charge in [0.1, 0.15) is 11.9 Å².